The van der Waals surface area contributed by atoms with Crippen molar-refractivity contribution in [2.24, 2.45) is 0 Å². The van der Waals surface area contributed by atoms with Crippen molar-refractivity contribution in [3.05, 3.63) is 88.9 Å². The van der Waals surface area contributed by atoms with E-state index in [-0.39, 0.29) is 0 Å². The van der Waals surface area contributed by atoms with Gasteiger partial charge in [-0.2, -0.15) is 10.2 Å². The van der Waals surface area contributed by atoms with Gasteiger partial charge < -0.3 is 15.4 Å². The molecule has 0 unspecified atom stereocenters. The van der Waals surface area contributed by atoms with Crippen molar-refractivity contribution in [3.63, 3.8) is 0 Å². The summed E-state index contributed by atoms with van der Waals surface area (Å²) in [5, 5.41) is 15.4. The SMILES string of the molecule is Cc1ccc(Cn2cc(NC(=S)Nc3cnn(COc4ccc(Br)cc4)c3)cn2)cc1. The number of anilines is 2. The Hall–Kier alpha value is -3.17. The molecular weight excluding hydrogens is 476 g/mol. The number of ether oxygens (including phenoxy) is 1. The van der Waals surface area contributed by atoms with Gasteiger partial charge in [0.05, 0.1) is 36.5 Å². The molecule has 0 spiro atoms. The maximum Gasteiger partial charge on any atom is 0.180 e. The van der Waals surface area contributed by atoms with Crippen molar-refractivity contribution in [2.75, 3.05) is 10.6 Å². The molecule has 0 radical (unpaired) electrons. The van der Waals surface area contributed by atoms with Gasteiger partial charge in [0.25, 0.3) is 0 Å². The first kappa shape index (κ1) is 21.1. The number of benzene rings is 2. The first-order valence-corrected chi connectivity index (χ1v) is 10.8. The van der Waals surface area contributed by atoms with E-state index in [0.717, 1.165) is 21.6 Å². The zero-order chi connectivity index (χ0) is 21.6. The highest BCUT2D eigenvalue weighted by Crippen LogP contribution is 2.17. The number of hydrogen-bond acceptors (Lipinski definition) is 4. The summed E-state index contributed by atoms with van der Waals surface area (Å²) in [6, 6.07) is 16.1. The molecule has 0 fully saturated rings. The largest absolute Gasteiger partial charge is 0.471 e. The van der Waals surface area contributed by atoms with Crippen LogP contribution in [0.25, 0.3) is 0 Å². The van der Waals surface area contributed by atoms with E-state index < -0.39 is 0 Å². The number of aromatic nitrogens is 4. The monoisotopic (exact) mass is 496 g/mol. The van der Waals surface area contributed by atoms with E-state index in [0.29, 0.717) is 18.4 Å². The van der Waals surface area contributed by atoms with E-state index in [4.69, 9.17) is 17.0 Å². The lowest BCUT2D eigenvalue weighted by atomic mass is 10.1. The molecule has 4 rings (SSSR count). The quantitative estimate of drug-likeness (QED) is 0.349. The van der Waals surface area contributed by atoms with E-state index in [1.54, 1.807) is 17.1 Å². The maximum absolute atomic E-state index is 5.71. The molecule has 0 aliphatic rings. The molecule has 2 aromatic heterocycles. The average molecular weight is 497 g/mol. The van der Waals surface area contributed by atoms with E-state index >= 15 is 0 Å². The molecule has 0 atom stereocenters. The van der Waals surface area contributed by atoms with Gasteiger partial charge in [-0.15, -0.1) is 0 Å². The second kappa shape index (κ2) is 9.76. The van der Waals surface area contributed by atoms with Crippen molar-refractivity contribution in [2.45, 2.75) is 20.2 Å². The van der Waals surface area contributed by atoms with Crippen LogP contribution in [0.2, 0.25) is 0 Å². The van der Waals surface area contributed by atoms with Crippen LogP contribution < -0.4 is 15.4 Å². The van der Waals surface area contributed by atoms with Crippen LogP contribution in [-0.4, -0.2) is 24.7 Å². The first-order valence-electron chi connectivity index (χ1n) is 9.60. The standard InChI is InChI=1S/C22H21BrN6OS/c1-16-2-4-17(5-3-16)12-28-13-19(10-24-28)26-22(31)27-20-11-25-29(14-20)15-30-21-8-6-18(23)7-9-21/h2-11,13-14H,12,15H2,1H3,(H2,26,27,31). The van der Waals surface area contributed by atoms with Crippen molar-refractivity contribution < 1.29 is 4.74 Å². The third kappa shape index (κ3) is 6.16. The summed E-state index contributed by atoms with van der Waals surface area (Å²) in [7, 11) is 0. The fraction of sp³-hybridized carbons (Fsp3) is 0.136. The van der Waals surface area contributed by atoms with Crippen molar-refractivity contribution >= 4 is 44.6 Å². The Morgan fingerprint density at radius 2 is 1.55 bits per heavy atom. The Balaban J connectivity index is 1.26. The Morgan fingerprint density at radius 1 is 0.935 bits per heavy atom. The summed E-state index contributed by atoms with van der Waals surface area (Å²) >= 11 is 8.81. The van der Waals surface area contributed by atoms with Crippen LogP contribution in [0.4, 0.5) is 11.4 Å². The molecule has 7 nitrogen and oxygen atoms in total. The van der Waals surface area contributed by atoms with Gasteiger partial charge >= 0.3 is 0 Å². The van der Waals surface area contributed by atoms with Gasteiger partial charge in [-0.25, -0.2) is 4.68 Å². The van der Waals surface area contributed by atoms with Crippen LogP contribution in [0, 0.1) is 6.92 Å². The topological polar surface area (TPSA) is 68.9 Å². The zero-order valence-corrected chi connectivity index (χ0v) is 19.2. The molecular formula is C22H21BrN6OS. The summed E-state index contributed by atoms with van der Waals surface area (Å²) in [5.41, 5.74) is 4.02. The lowest BCUT2D eigenvalue weighted by Gasteiger charge is -2.07. The van der Waals surface area contributed by atoms with Gasteiger partial charge in [-0.3, -0.25) is 4.68 Å². The number of rotatable bonds is 7. The summed E-state index contributed by atoms with van der Waals surface area (Å²) in [5.74, 6) is 0.771. The van der Waals surface area contributed by atoms with Crippen LogP contribution >= 0.6 is 28.1 Å². The summed E-state index contributed by atoms with van der Waals surface area (Å²) in [6.07, 6.45) is 7.19. The van der Waals surface area contributed by atoms with E-state index in [2.05, 4.69) is 68.0 Å². The zero-order valence-electron chi connectivity index (χ0n) is 16.8. The van der Waals surface area contributed by atoms with Gasteiger partial charge in [0.15, 0.2) is 11.8 Å². The van der Waals surface area contributed by atoms with E-state index in [1.807, 2.05) is 41.3 Å². The number of thiocarbonyl (C=S) groups is 1. The molecule has 0 amide bonds. The first-order chi connectivity index (χ1) is 15.0. The van der Waals surface area contributed by atoms with Gasteiger partial charge in [0.1, 0.15) is 5.75 Å². The highest BCUT2D eigenvalue weighted by Gasteiger charge is 2.05. The number of nitrogens with one attached hydrogen (secondary N) is 2. The number of aryl methyl sites for hydroxylation is 1. The fourth-order valence-electron chi connectivity index (χ4n) is 2.86. The van der Waals surface area contributed by atoms with Crippen LogP contribution in [0.1, 0.15) is 11.1 Å². The lowest BCUT2D eigenvalue weighted by Crippen LogP contribution is -2.18. The Kier molecular flexibility index (Phi) is 6.63. The predicted molar refractivity (Wildman–Crippen MR) is 129 cm³/mol. The molecule has 31 heavy (non-hydrogen) atoms. The second-order valence-corrected chi connectivity index (χ2v) is 8.31. The van der Waals surface area contributed by atoms with E-state index in [9.17, 15) is 0 Å². The summed E-state index contributed by atoms with van der Waals surface area (Å²) in [6.45, 7) is 3.08. The number of nitrogens with zero attached hydrogens (tertiary/aromatic N) is 4. The molecule has 0 saturated carbocycles. The Bertz CT molecular complexity index is 1150. The smallest absolute Gasteiger partial charge is 0.180 e. The fourth-order valence-corrected chi connectivity index (χ4v) is 3.36. The van der Waals surface area contributed by atoms with Gasteiger partial charge in [0, 0.05) is 10.7 Å². The van der Waals surface area contributed by atoms with Crippen molar-refractivity contribution in [1.29, 1.82) is 0 Å². The van der Waals surface area contributed by atoms with Crippen molar-refractivity contribution in [1.82, 2.24) is 19.6 Å². The molecule has 9 heteroatoms. The van der Waals surface area contributed by atoms with Crippen LogP contribution in [-0.2, 0) is 13.3 Å². The number of hydrogen-bond donors (Lipinski definition) is 2. The van der Waals surface area contributed by atoms with Crippen molar-refractivity contribution in [3.8, 4) is 5.75 Å². The second-order valence-electron chi connectivity index (χ2n) is 6.99. The minimum absolute atomic E-state index is 0.301. The molecule has 0 saturated heterocycles. The van der Waals surface area contributed by atoms with Gasteiger partial charge in [-0.1, -0.05) is 45.8 Å². The highest BCUT2D eigenvalue weighted by atomic mass is 79.9. The van der Waals surface area contributed by atoms with E-state index in [1.165, 1.54) is 11.1 Å². The maximum atomic E-state index is 5.71. The molecule has 0 aliphatic carbocycles. The predicted octanol–water partition coefficient (Wildman–Crippen LogP) is 5.04. The molecule has 2 N–H and O–H groups in total. The number of halogens is 1. The molecule has 158 valence electrons. The average Bonchev–Trinajstić information content (AvgIpc) is 3.38. The third-order valence-electron chi connectivity index (χ3n) is 4.42. The third-order valence-corrected chi connectivity index (χ3v) is 5.16. The van der Waals surface area contributed by atoms with Crippen LogP contribution in [0.3, 0.4) is 0 Å². The molecule has 4 aromatic rings. The highest BCUT2D eigenvalue weighted by molar-refractivity contribution is 9.10. The van der Waals surface area contributed by atoms with Crippen LogP contribution in [0.15, 0.2) is 77.8 Å². The Morgan fingerprint density at radius 3 is 2.23 bits per heavy atom. The molecule has 2 heterocycles. The minimum Gasteiger partial charge on any atom is -0.471 e. The summed E-state index contributed by atoms with van der Waals surface area (Å²) < 4.78 is 10.3. The van der Waals surface area contributed by atoms with Gasteiger partial charge in [-0.05, 0) is 49.0 Å². The minimum atomic E-state index is 0.301. The van der Waals surface area contributed by atoms with Gasteiger partial charge in [0.2, 0.25) is 0 Å². The lowest BCUT2D eigenvalue weighted by molar-refractivity contribution is 0.221. The Labute approximate surface area is 194 Å². The summed E-state index contributed by atoms with van der Waals surface area (Å²) in [4.78, 5) is 0. The molecule has 2 aromatic carbocycles. The van der Waals surface area contributed by atoms with Crippen LogP contribution in [0.5, 0.6) is 5.75 Å². The molecule has 0 aliphatic heterocycles. The molecule has 0 bridgehead atoms. The normalized spacial score (nSPS) is 10.6.